The minimum Gasteiger partial charge on any atom is -0.326 e. The fourth-order valence-electron chi connectivity index (χ4n) is 3.76. The van der Waals surface area contributed by atoms with E-state index in [4.69, 9.17) is 4.84 Å². The van der Waals surface area contributed by atoms with Crippen LogP contribution in [0.2, 0.25) is 0 Å². The lowest BCUT2D eigenvalue weighted by atomic mass is 9.94. The molecule has 0 unspecified atom stereocenters. The Kier molecular flexibility index (Phi) is 6.86. The number of carbonyl (C=O) groups is 1. The molecule has 0 radical (unpaired) electrons. The summed E-state index contributed by atoms with van der Waals surface area (Å²) in [5, 5.41) is 4.77. The highest BCUT2D eigenvalue weighted by Crippen LogP contribution is 2.24. The van der Waals surface area contributed by atoms with Crippen LogP contribution < -0.4 is 5.32 Å². The molecule has 1 aromatic rings. The Labute approximate surface area is 161 Å². The SMILES string of the molecule is CON1CCC(CC(=O)Nc2cccc(S(=O)(=O)N3CCCCC3)c2)CC1. The number of amides is 1. The summed E-state index contributed by atoms with van der Waals surface area (Å²) in [5.41, 5.74) is 0.535. The highest BCUT2D eigenvalue weighted by Gasteiger charge is 2.26. The molecule has 8 heteroatoms. The molecule has 150 valence electrons. The largest absolute Gasteiger partial charge is 0.326 e. The Balaban J connectivity index is 1.59. The second-order valence-electron chi connectivity index (χ2n) is 7.30. The van der Waals surface area contributed by atoms with Gasteiger partial charge in [-0.15, -0.1) is 0 Å². The normalized spacial score (nSPS) is 20.5. The maximum atomic E-state index is 12.8. The molecule has 0 aromatic heterocycles. The van der Waals surface area contributed by atoms with E-state index < -0.39 is 10.0 Å². The van der Waals surface area contributed by atoms with Gasteiger partial charge in [0.05, 0.1) is 12.0 Å². The summed E-state index contributed by atoms with van der Waals surface area (Å²) in [7, 11) is -1.83. The number of hydrogen-bond acceptors (Lipinski definition) is 5. The number of nitrogens with zero attached hydrogens (tertiary/aromatic N) is 2. The predicted molar refractivity (Wildman–Crippen MR) is 104 cm³/mol. The standard InChI is InChI=1S/C19H29N3O4S/c1-26-21-12-8-16(9-13-21)14-19(23)20-17-6-5-7-18(15-17)27(24,25)22-10-3-2-4-11-22/h5-7,15-16H,2-4,8-14H2,1H3,(H,20,23). The van der Waals surface area contributed by atoms with Gasteiger partial charge in [-0.1, -0.05) is 12.5 Å². The zero-order valence-corrected chi connectivity index (χ0v) is 16.7. The average Bonchev–Trinajstić information content (AvgIpc) is 2.69. The number of anilines is 1. The van der Waals surface area contributed by atoms with Crippen molar-refractivity contribution in [3.63, 3.8) is 0 Å². The fraction of sp³-hybridized carbons (Fsp3) is 0.632. The van der Waals surface area contributed by atoms with Gasteiger partial charge >= 0.3 is 0 Å². The molecule has 0 aliphatic carbocycles. The summed E-state index contributed by atoms with van der Waals surface area (Å²) in [6.07, 6.45) is 5.16. The van der Waals surface area contributed by atoms with Crippen LogP contribution in [-0.2, 0) is 19.7 Å². The molecule has 27 heavy (non-hydrogen) atoms. The van der Waals surface area contributed by atoms with Crippen LogP contribution in [-0.4, -0.2) is 57.0 Å². The Morgan fingerprint density at radius 3 is 2.52 bits per heavy atom. The van der Waals surface area contributed by atoms with E-state index in [1.165, 1.54) is 0 Å². The Hall–Kier alpha value is -1.48. The monoisotopic (exact) mass is 395 g/mol. The zero-order valence-electron chi connectivity index (χ0n) is 15.9. The molecule has 2 fully saturated rings. The number of sulfonamides is 1. The first-order chi connectivity index (χ1) is 13.0. The maximum Gasteiger partial charge on any atom is 0.243 e. The van der Waals surface area contributed by atoms with Crippen molar-refractivity contribution in [2.75, 3.05) is 38.6 Å². The topological polar surface area (TPSA) is 79.0 Å². The number of hydrogen-bond donors (Lipinski definition) is 1. The molecule has 2 saturated heterocycles. The quantitative estimate of drug-likeness (QED) is 0.800. The van der Waals surface area contributed by atoms with E-state index in [9.17, 15) is 13.2 Å². The Morgan fingerprint density at radius 2 is 1.85 bits per heavy atom. The third kappa shape index (κ3) is 5.28. The fourth-order valence-corrected chi connectivity index (χ4v) is 5.32. The second kappa shape index (κ2) is 9.14. The smallest absolute Gasteiger partial charge is 0.243 e. The van der Waals surface area contributed by atoms with E-state index in [1.54, 1.807) is 35.7 Å². The van der Waals surface area contributed by atoms with Crippen LogP contribution in [0.15, 0.2) is 29.2 Å². The number of carbonyl (C=O) groups excluding carboxylic acids is 1. The van der Waals surface area contributed by atoms with Gasteiger partial charge in [0, 0.05) is 38.3 Å². The molecule has 2 aliphatic heterocycles. The minimum atomic E-state index is -3.49. The highest BCUT2D eigenvalue weighted by atomic mass is 32.2. The second-order valence-corrected chi connectivity index (χ2v) is 9.24. The maximum absolute atomic E-state index is 12.8. The first kappa shape index (κ1) is 20.3. The molecule has 2 aliphatic rings. The van der Waals surface area contributed by atoms with Crippen LogP contribution in [0.25, 0.3) is 0 Å². The van der Waals surface area contributed by atoms with Crippen LogP contribution in [0.4, 0.5) is 5.69 Å². The Morgan fingerprint density at radius 1 is 1.15 bits per heavy atom. The van der Waals surface area contributed by atoms with Crippen molar-refractivity contribution in [2.24, 2.45) is 5.92 Å². The lowest BCUT2D eigenvalue weighted by molar-refractivity contribution is -0.149. The van der Waals surface area contributed by atoms with Gasteiger partial charge in [-0.2, -0.15) is 9.37 Å². The molecule has 3 rings (SSSR count). The molecule has 0 saturated carbocycles. The number of piperidine rings is 2. The molecule has 0 atom stereocenters. The lowest BCUT2D eigenvalue weighted by Crippen LogP contribution is -2.35. The van der Waals surface area contributed by atoms with Gasteiger partial charge < -0.3 is 10.2 Å². The molecule has 1 N–H and O–H groups in total. The zero-order chi connectivity index (χ0) is 19.3. The van der Waals surface area contributed by atoms with E-state index in [1.807, 2.05) is 5.06 Å². The lowest BCUT2D eigenvalue weighted by Gasteiger charge is -2.29. The van der Waals surface area contributed by atoms with Gasteiger partial charge in [-0.3, -0.25) is 4.79 Å². The van der Waals surface area contributed by atoms with E-state index >= 15 is 0 Å². The minimum absolute atomic E-state index is 0.0709. The number of hydroxylamine groups is 2. The van der Waals surface area contributed by atoms with Crippen LogP contribution in [0.1, 0.15) is 38.5 Å². The third-order valence-electron chi connectivity index (χ3n) is 5.38. The van der Waals surface area contributed by atoms with Crippen molar-refractivity contribution in [3.05, 3.63) is 24.3 Å². The van der Waals surface area contributed by atoms with Crippen molar-refractivity contribution in [2.45, 2.75) is 43.4 Å². The van der Waals surface area contributed by atoms with Crippen molar-refractivity contribution < 1.29 is 18.0 Å². The first-order valence-corrected chi connectivity index (χ1v) is 11.1. The van der Waals surface area contributed by atoms with Crippen LogP contribution in [0, 0.1) is 5.92 Å². The van der Waals surface area contributed by atoms with Gasteiger partial charge in [0.15, 0.2) is 0 Å². The predicted octanol–water partition coefficient (Wildman–Crippen LogP) is 2.46. The summed E-state index contributed by atoms with van der Waals surface area (Å²) in [6, 6.07) is 6.58. The summed E-state index contributed by atoms with van der Waals surface area (Å²) in [6.45, 7) is 2.80. The summed E-state index contributed by atoms with van der Waals surface area (Å²) in [4.78, 5) is 17.8. The van der Waals surface area contributed by atoms with Gasteiger partial charge in [0.1, 0.15) is 0 Å². The van der Waals surface area contributed by atoms with Gasteiger partial charge in [0.2, 0.25) is 15.9 Å². The van der Waals surface area contributed by atoms with E-state index in [0.717, 1.165) is 45.2 Å². The van der Waals surface area contributed by atoms with E-state index in [0.29, 0.717) is 31.1 Å². The first-order valence-electron chi connectivity index (χ1n) is 9.68. The Bertz CT molecular complexity index is 739. The van der Waals surface area contributed by atoms with E-state index in [-0.39, 0.29) is 10.8 Å². The van der Waals surface area contributed by atoms with Crippen LogP contribution in [0.5, 0.6) is 0 Å². The van der Waals surface area contributed by atoms with Crippen LogP contribution in [0.3, 0.4) is 0 Å². The van der Waals surface area contributed by atoms with Crippen LogP contribution >= 0.6 is 0 Å². The van der Waals surface area contributed by atoms with Crippen molar-refractivity contribution in [1.29, 1.82) is 0 Å². The molecule has 0 bridgehead atoms. The van der Waals surface area contributed by atoms with Crippen molar-refractivity contribution >= 4 is 21.6 Å². The van der Waals surface area contributed by atoms with Crippen molar-refractivity contribution in [1.82, 2.24) is 9.37 Å². The van der Waals surface area contributed by atoms with Gasteiger partial charge in [0.25, 0.3) is 0 Å². The number of benzene rings is 1. The molecule has 1 amide bonds. The number of rotatable bonds is 6. The highest BCUT2D eigenvalue weighted by molar-refractivity contribution is 7.89. The summed E-state index contributed by atoms with van der Waals surface area (Å²) >= 11 is 0. The molecule has 0 spiro atoms. The number of nitrogens with one attached hydrogen (secondary N) is 1. The summed E-state index contributed by atoms with van der Waals surface area (Å²) in [5.74, 6) is 0.259. The van der Waals surface area contributed by atoms with Crippen molar-refractivity contribution in [3.8, 4) is 0 Å². The summed E-state index contributed by atoms with van der Waals surface area (Å²) < 4.78 is 27.1. The molecular formula is C19H29N3O4S. The molecule has 1 aromatic carbocycles. The molecule has 7 nitrogen and oxygen atoms in total. The third-order valence-corrected chi connectivity index (χ3v) is 7.27. The van der Waals surface area contributed by atoms with Gasteiger partial charge in [-0.25, -0.2) is 8.42 Å². The van der Waals surface area contributed by atoms with E-state index in [2.05, 4.69) is 5.32 Å². The van der Waals surface area contributed by atoms with Gasteiger partial charge in [-0.05, 0) is 49.8 Å². The average molecular weight is 396 g/mol. The molecule has 2 heterocycles. The molecular weight excluding hydrogens is 366 g/mol.